The number of guanidine groups is 1. The minimum Gasteiger partial charge on any atom is -0.395 e. The van der Waals surface area contributed by atoms with Crippen LogP contribution in [0.2, 0.25) is 0 Å². The first-order chi connectivity index (χ1) is 9.35. The van der Waals surface area contributed by atoms with Crippen molar-refractivity contribution in [2.24, 2.45) is 4.99 Å². The van der Waals surface area contributed by atoms with Crippen molar-refractivity contribution in [1.82, 2.24) is 15.2 Å². The van der Waals surface area contributed by atoms with E-state index in [1.165, 1.54) is 0 Å². The largest absolute Gasteiger partial charge is 0.395 e. The molecule has 2 heterocycles. The number of fused-ring (bicyclic) bond motifs is 1. The van der Waals surface area contributed by atoms with Crippen molar-refractivity contribution >= 4 is 32.6 Å². The number of aliphatic imine (C=N–C) groups is 1. The van der Waals surface area contributed by atoms with Crippen molar-refractivity contribution in [1.29, 1.82) is 0 Å². The van der Waals surface area contributed by atoms with Crippen LogP contribution in [-0.4, -0.2) is 47.4 Å². The molecule has 0 spiro atoms. The number of β-amino-alcohol motifs (C(OH)–C–C–N with tert-alkyl or cyclic N) is 1. The number of benzene rings is 1. The minimum atomic E-state index is 0.151. The van der Waals surface area contributed by atoms with Gasteiger partial charge in [-0.1, -0.05) is 23.5 Å². The van der Waals surface area contributed by atoms with Crippen LogP contribution in [-0.2, 0) is 0 Å². The summed E-state index contributed by atoms with van der Waals surface area (Å²) in [6.07, 6.45) is 0. The summed E-state index contributed by atoms with van der Waals surface area (Å²) in [6.45, 7) is 2.04. The monoisotopic (exact) mass is 277 g/mol. The lowest BCUT2D eigenvalue weighted by atomic mass is 10.3. The smallest absolute Gasteiger partial charge is 0.199 e. The molecular formula is C12H15N5OS. The van der Waals surface area contributed by atoms with Gasteiger partial charge in [0.05, 0.1) is 30.2 Å². The molecule has 2 aromatic rings. The van der Waals surface area contributed by atoms with Crippen LogP contribution in [0.1, 0.15) is 0 Å². The fourth-order valence-corrected chi connectivity index (χ4v) is 2.73. The van der Waals surface area contributed by atoms with Gasteiger partial charge in [0.25, 0.3) is 0 Å². The molecule has 6 nitrogen and oxygen atoms in total. The van der Waals surface area contributed by atoms with Gasteiger partial charge in [0.2, 0.25) is 0 Å². The summed E-state index contributed by atoms with van der Waals surface area (Å²) in [5.74, 6) is 0.730. The number of anilines is 1. The third kappa shape index (κ3) is 2.83. The summed E-state index contributed by atoms with van der Waals surface area (Å²) in [4.78, 5) is 10.9. The third-order valence-corrected chi connectivity index (χ3v) is 3.79. The van der Waals surface area contributed by atoms with Gasteiger partial charge in [-0.2, -0.15) is 0 Å². The van der Waals surface area contributed by atoms with Crippen LogP contribution in [0.4, 0.5) is 5.13 Å². The summed E-state index contributed by atoms with van der Waals surface area (Å²) < 4.78 is 1.16. The molecule has 0 radical (unpaired) electrons. The fourth-order valence-electron chi connectivity index (χ4n) is 1.87. The predicted molar refractivity (Wildman–Crippen MR) is 77.3 cm³/mol. The van der Waals surface area contributed by atoms with Gasteiger partial charge in [0, 0.05) is 6.54 Å². The number of aliphatic hydroxyl groups is 1. The lowest BCUT2D eigenvalue weighted by molar-refractivity contribution is 0.191. The molecule has 1 aliphatic heterocycles. The Labute approximate surface area is 114 Å². The molecule has 0 amide bonds. The van der Waals surface area contributed by atoms with Gasteiger partial charge in [-0.15, -0.1) is 0 Å². The molecule has 0 atom stereocenters. The third-order valence-electron chi connectivity index (χ3n) is 2.83. The maximum Gasteiger partial charge on any atom is 0.199 e. The van der Waals surface area contributed by atoms with Crippen LogP contribution in [0.3, 0.4) is 0 Å². The first kappa shape index (κ1) is 12.3. The fraction of sp³-hybridized carbons (Fsp3) is 0.333. The number of nitrogens with zero attached hydrogens (tertiary/aromatic N) is 3. The van der Waals surface area contributed by atoms with E-state index in [-0.39, 0.29) is 6.61 Å². The SMILES string of the molecule is OCCN1CN=C(Nc2nc3ccccc3s2)NC1. The van der Waals surface area contributed by atoms with Crippen molar-refractivity contribution in [3.63, 3.8) is 0 Å². The Balaban J connectivity index is 1.68. The van der Waals surface area contributed by atoms with Crippen LogP contribution in [0.25, 0.3) is 10.2 Å². The maximum absolute atomic E-state index is 8.86. The van der Waals surface area contributed by atoms with E-state index >= 15 is 0 Å². The van der Waals surface area contributed by atoms with E-state index in [4.69, 9.17) is 5.11 Å². The van der Waals surface area contributed by atoms with Gasteiger partial charge in [-0.3, -0.25) is 4.90 Å². The molecule has 7 heteroatoms. The number of aliphatic hydroxyl groups excluding tert-OH is 1. The highest BCUT2D eigenvalue weighted by Crippen LogP contribution is 2.25. The Bertz CT molecular complexity index is 564. The summed E-state index contributed by atoms with van der Waals surface area (Å²) in [5, 5.41) is 16.1. The van der Waals surface area contributed by atoms with Gasteiger partial charge < -0.3 is 15.7 Å². The number of hydrogen-bond acceptors (Lipinski definition) is 7. The van der Waals surface area contributed by atoms with Crippen LogP contribution in [0, 0.1) is 0 Å². The number of hydrogen-bond donors (Lipinski definition) is 3. The lowest BCUT2D eigenvalue weighted by Crippen LogP contribution is -2.46. The molecule has 0 unspecified atom stereocenters. The molecule has 0 fully saturated rings. The Morgan fingerprint density at radius 3 is 3.05 bits per heavy atom. The standard InChI is InChI=1S/C12H15N5OS/c18-6-5-17-7-13-11(14-8-17)16-12-15-9-3-1-2-4-10(9)19-12/h1-4,18H,5-8H2,(H2,13,14,15,16). The molecule has 0 aliphatic carbocycles. The quantitative estimate of drug-likeness (QED) is 0.776. The number of rotatable bonds is 3. The van der Waals surface area contributed by atoms with E-state index in [0.29, 0.717) is 19.9 Å². The molecule has 0 saturated carbocycles. The van der Waals surface area contributed by atoms with Gasteiger partial charge in [0.15, 0.2) is 11.1 Å². The van der Waals surface area contributed by atoms with E-state index in [9.17, 15) is 0 Å². The Morgan fingerprint density at radius 1 is 1.42 bits per heavy atom. The normalized spacial score (nSPS) is 16.2. The molecule has 3 N–H and O–H groups in total. The first-order valence-electron chi connectivity index (χ1n) is 6.09. The molecule has 1 aromatic carbocycles. The summed E-state index contributed by atoms with van der Waals surface area (Å²) in [5.41, 5.74) is 0.994. The van der Waals surface area contributed by atoms with Gasteiger partial charge in [-0.05, 0) is 12.1 Å². The van der Waals surface area contributed by atoms with Gasteiger partial charge in [-0.25, -0.2) is 9.98 Å². The summed E-state index contributed by atoms with van der Waals surface area (Å²) >= 11 is 1.61. The van der Waals surface area contributed by atoms with Gasteiger partial charge in [0.1, 0.15) is 0 Å². The van der Waals surface area contributed by atoms with Crippen molar-refractivity contribution in [3.8, 4) is 0 Å². The molecular weight excluding hydrogens is 262 g/mol. The van der Waals surface area contributed by atoms with Crippen molar-refractivity contribution in [3.05, 3.63) is 24.3 Å². The first-order valence-corrected chi connectivity index (χ1v) is 6.91. The topological polar surface area (TPSA) is 72.8 Å². The van der Waals surface area contributed by atoms with E-state index in [1.54, 1.807) is 11.3 Å². The Morgan fingerprint density at radius 2 is 2.32 bits per heavy atom. The summed E-state index contributed by atoms with van der Waals surface area (Å²) in [6, 6.07) is 8.04. The molecule has 1 aliphatic rings. The van der Waals surface area contributed by atoms with Crippen molar-refractivity contribution in [2.45, 2.75) is 0 Å². The predicted octanol–water partition coefficient (Wildman–Crippen LogP) is 0.877. The van der Waals surface area contributed by atoms with E-state index < -0.39 is 0 Å². The Hall–Kier alpha value is -1.70. The number of para-hydroxylation sites is 1. The average Bonchev–Trinajstić information content (AvgIpc) is 2.83. The van der Waals surface area contributed by atoms with Crippen LogP contribution >= 0.6 is 11.3 Å². The van der Waals surface area contributed by atoms with E-state index in [2.05, 4.69) is 26.7 Å². The second-order valence-corrected chi connectivity index (χ2v) is 5.24. The second-order valence-electron chi connectivity index (χ2n) is 4.21. The van der Waals surface area contributed by atoms with Crippen molar-refractivity contribution < 1.29 is 5.11 Å². The summed E-state index contributed by atoms with van der Waals surface area (Å²) in [7, 11) is 0. The molecule has 1 aromatic heterocycles. The van der Waals surface area contributed by atoms with Gasteiger partial charge >= 0.3 is 0 Å². The Kier molecular flexibility index (Phi) is 3.58. The molecule has 0 saturated heterocycles. The molecule has 100 valence electrons. The van der Waals surface area contributed by atoms with Crippen molar-refractivity contribution in [2.75, 3.05) is 31.8 Å². The highest BCUT2D eigenvalue weighted by Gasteiger charge is 2.12. The van der Waals surface area contributed by atoms with E-state index in [1.807, 2.05) is 23.1 Å². The average molecular weight is 277 g/mol. The zero-order valence-electron chi connectivity index (χ0n) is 10.3. The lowest BCUT2D eigenvalue weighted by Gasteiger charge is -2.25. The number of nitrogens with one attached hydrogen (secondary N) is 2. The highest BCUT2D eigenvalue weighted by atomic mass is 32.1. The zero-order chi connectivity index (χ0) is 13.1. The number of aromatic nitrogens is 1. The highest BCUT2D eigenvalue weighted by molar-refractivity contribution is 7.22. The second kappa shape index (κ2) is 5.52. The molecule has 0 bridgehead atoms. The van der Waals surface area contributed by atoms with Crippen LogP contribution in [0.15, 0.2) is 29.3 Å². The molecule has 19 heavy (non-hydrogen) atoms. The zero-order valence-corrected chi connectivity index (χ0v) is 11.2. The van der Waals surface area contributed by atoms with E-state index in [0.717, 1.165) is 21.3 Å². The van der Waals surface area contributed by atoms with Crippen LogP contribution < -0.4 is 10.6 Å². The molecule has 3 rings (SSSR count). The number of thiazole rings is 1. The minimum absolute atomic E-state index is 0.151. The maximum atomic E-state index is 8.86. The van der Waals surface area contributed by atoms with Crippen LogP contribution in [0.5, 0.6) is 0 Å².